The quantitative estimate of drug-likeness (QED) is 0.838. The van der Waals surface area contributed by atoms with Crippen molar-refractivity contribution in [1.29, 1.82) is 0 Å². The van der Waals surface area contributed by atoms with Crippen LogP contribution in [0.3, 0.4) is 0 Å². The minimum absolute atomic E-state index is 0.0972. The Balaban J connectivity index is 1.80. The maximum Gasteiger partial charge on any atom is 0.165 e. The molecule has 0 atom stereocenters. The number of carbonyl (C=O) groups excluding carboxylic acids is 1. The fraction of sp³-hybridized carbons (Fsp3) is 0.471. The third-order valence-electron chi connectivity index (χ3n) is 4.66. The van der Waals surface area contributed by atoms with Crippen molar-refractivity contribution in [1.82, 2.24) is 4.90 Å². The number of ketones is 1. The molecule has 1 saturated heterocycles. The molecule has 0 radical (unpaired) electrons. The fourth-order valence-corrected chi connectivity index (χ4v) is 3.39. The lowest BCUT2D eigenvalue weighted by atomic mass is 9.83. The molecule has 1 fully saturated rings. The second-order valence-corrected chi connectivity index (χ2v) is 5.96. The third kappa shape index (κ3) is 2.50. The van der Waals surface area contributed by atoms with E-state index in [0.29, 0.717) is 6.42 Å². The Morgan fingerprint density at radius 2 is 2.00 bits per heavy atom. The standard InChI is InChI=1S/C17H22N2O/c1-2-11-19-12-9-17(10-13-19)8-7-16(20)14-5-3-4-6-15(14)18-17/h2-6,18H,1,7-13H2. The van der Waals surface area contributed by atoms with E-state index in [1.54, 1.807) is 0 Å². The normalized spacial score (nSPS) is 21.9. The van der Waals surface area contributed by atoms with Crippen molar-refractivity contribution in [3.8, 4) is 0 Å². The van der Waals surface area contributed by atoms with Crippen LogP contribution in [0.15, 0.2) is 36.9 Å². The molecule has 2 aliphatic rings. The first kappa shape index (κ1) is 13.4. The molecule has 0 aliphatic carbocycles. The molecule has 3 rings (SSSR count). The Kier molecular flexibility index (Phi) is 3.62. The van der Waals surface area contributed by atoms with Crippen LogP contribution in [0, 0.1) is 0 Å². The summed E-state index contributed by atoms with van der Waals surface area (Å²) in [4.78, 5) is 14.7. The van der Waals surface area contributed by atoms with Crippen LogP contribution in [0.4, 0.5) is 5.69 Å². The molecule has 1 N–H and O–H groups in total. The van der Waals surface area contributed by atoms with E-state index >= 15 is 0 Å². The summed E-state index contributed by atoms with van der Waals surface area (Å²) in [7, 11) is 0. The molecule has 3 nitrogen and oxygen atoms in total. The van der Waals surface area contributed by atoms with E-state index in [9.17, 15) is 4.79 Å². The van der Waals surface area contributed by atoms with E-state index in [4.69, 9.17) is 0 Å². The minimum Gasteiger partial charge on any atom is -0.379 e. The summed E-state index contributed by atoms with van der Waals surface area (Å²) in [6.45, 7) is 6.93. The molecule has 1 spiro atoms. The summed E-state index contributed by atoms with van der Waals surface area (Å²) >= 11 is 0. The number of piperidine rings is 1. The van der Waals surface area contributed by atoms with E-state index in [1.165, 1.54) is 0 Å². The van der Waals surface area contributed by atoms with Crippen LogP contribution >= 0.6 is 0 Å². The highest BCUT2D eigenvalue weighted by Gasteiger charge is 2.37. The number of anilines is 1. The number of likely N-dealkylation sites (tertiary alicyclic amines) is 1. The number of rotatable bonds is 2. The van der Waals surface area contributed by atoms with Crippen LogP contribution in [0.5, 0.6) is 0 Å². The van der Waals surface area contributed by atoms with Gasteiger partial charge in [-0.25, -0.2) is 0 Å². The Morgan fingerprint density at radius 1 is 1.25 bits per heavy atom. The first-order valence-electron chi connectivity index (χ1n) is 7.46. The van der Waals surface area contributed by atoms with E-state index in [0.717, 1.165) is 50.1 Å². The minimum atomic E-state index is 0.0972. The maximum atomic E-state index is 12.2. The third-order valence-corrected chi connectivity index (χ3v) is 4.66. The van der Waals surface area contributed by atoms with Crippen molar-refractivity contribution in [2.45, 2.75) is 31.2 Å². The zero-order chi connectivity index (χ0) is 14.0. The average molecular weight is 270 g/mol. The van der Waals surface area contributed by atoms with Crippen LogP contribution in [0.1, 0.15) is 36.0 Å². The number of hydrogen-bond acceptors (Lipinski definition) is 3. The Labute approximate surface area is 120 Å². The number of nitrogens with zero attached hydrogens (tertiary/aromatic N) is 1. The molecule has 0 amide bonds. The molecule has 0 saturated carbocycles. The van der Waals surface area contributed by atoms with Gasteiger partial charge in [0.15, 0.2) is 5.78 Å². The molecule has 0 bridgehead atoms. The number of hydrogen-bond donors (Lipinski definition) is 1. The van der Waals surface area contributed by atoms with E-state index in [2.05, 4.69) is 16.8 Å². The topological polar surface area (TPSA) is 32.3 Å². The number of para-hydroxylation sites is 1. The van der Waals surface area contributed by atoms with Crippen LogP contribution < -0.4 is 5.32 Å². The molecule has 1 aromatic carbocycles. The van der Waals surface area contributed by atoms with Gasteiger partial charge in [0, 0.05) is 42.8 Å². The van der Waals surface area contributed by atoms with Crippen molar-refractivity contribution in [3.05, 3.63) is 42.5 Å². The van der Waals surface area contributed by atoms with E-state index in [-0.39, 0.29) is 11.3 Å². The van der Waals surface area contributed by atoms with Gasteiger partial charge in [0.05, 0.1) is 0 Å². The monoisotopic (exact) mass is 270 g/mol. The lowest BCUT2D eigenvalue weighted by Gasteiger charge is -2.42. The molecular formula is C17H22N2O. The Morgan fingerprint density at radius 3 is 2.75 bits per heavy atom. The number of benzene rings is 1. The summed E-state index contributed by atoms with van der Waals surface area (Å²) in [5.74, 6) is 0.276. The highest BCUT2D eigenvalue weighted by molar-refractivity contribution is 6.02. The van der Waals surface area contributed by atoms with Crippen molar-refractivity contribution in [2.75, 3.05) is 25.0 Å². The van der Waals surface area contributed by atoms with E-state index in [1.807, 2.05) is 30.3 Å². The molecule has 3 heteroatoms. The zero-order valence-corrected chi connectivity index (χ0v) is 11.9. The smallest absolute Gasteiger partial charge is 0.165 e. The number of fused-ring (bicyclic) bond motifs is 1. The van der Waals surface area contributed by atoms with Gasteiger partial charge in [-0.3, -0.25) is 9.69 Å². The van der Waals surface area contributed by atoms with Crippen molar-refractivity contribution < 1.29 is 4.79 Å². The highest BCUT2D eigenvalue weighted by atomic mass is 16.1. The molecule has 1 aromatic rings. The number of nitrogens with one attached hydrogen (secondary N) is 1. The maximum absolute atomic E-state index is 12.2. The summed E-state index contributed by atoms with van der Waals surface area (Å²) in [5, 5.41) is 3.69. The predicted molar refractivity (Wildman–Crippen MR) is 82.2 cm³/mol. The SMILES string of the molecule is C=CCN1CCC2(CCC(=O)c3ccccc3N2)CC1. The largest absolute Gasteiger partial charge is 0.379 e. The molecule has 106 valence electrons. The molecular weight excluding hydrogens is 248 g/mol. The van der Waals surface area contributed by atoms with Crippen LogP contribution in [0.2, 0.25) is 0 Å². The zero-order valence-electron chi connectivity index (χ0n) is 11.9. The van der Waals surface area contributed by atoms with Gasteiger partial charge in [-0.05, 0) is 31.4 Å². The van der Waals surface area contributed by atoms with Gasteiger partial charge in [0.2, 0.25) is 0 Å². The van der Waals surface area contributed by atoms with Gasteiger partial charge in [-0.1, -0.05) is 18.2 Å². The van der Waals surface area contributed by atoms with E-state index < -0.39 is 0 Å². The van der Waals surface area contributed by atoms with Crippen molar-refractivity contribution in [3.63, 3.8) is 0 Å². The van der Waals surface area contributed by atoms with Gasteiger partial charge in [-0.15, -0.1) is 6.58 Å². The van der Waals surface area contributed by atoms with Crippen molar-refractivity contribution in [2.24, 2.45) is 0 Å². The molecule has 20 heavy (non-hydrogen) atoms. The lowest BCUT2D eigenvalue weighted by Crippen LogP contribution is -2.49. The Hall–Kier alpha value is -1.61. The van der Waals surface area contributed by atoms with Crippen molar-refractivity contribution >= 4 is 11.5 Å². The van der Waals surface area contributed by atoms with Gasteiger partial charge in [0.1, 0.15) is 0 Å². The number of Topliss-reactive ketones (excluding diaryl/α,β-unsaturated/α-hetero) is 1. The molecule has 2 aliphatic heterocycles. The van der Waals surface area contributed by atoms with Crippen LogP contribution in [-0.2, 0) is 0 Å². The van der Waals surface area contributed by atoms with Gasteiger partial charge in [-0.2, -0.15) is 0 Å². The second-order valence-electron chi connectivity index (χ2n) is 5.96. The molecule has 0 aromatic heterocycles. The first-order valence-corrected chi connectivity index (χ1v) is 7.46. The average Bonchev–Trinajstić information content (AvgIpc) is 2.61. The Bertz CT molecular complexity index is 515. The summed E-state index contributed by atoms with van der Waals surface area (Å²) in [5.41, 5.74) is 1.98. The van der Waals surface area contributed by atoms with Gasteiger partial charge < -0.3 is 5.32 Å². The molecule has 0 unspecified atom stereocenters. The lowest BCUT2D eigenvalue weighted by molar-refractivity contribution is 0.0967. The predicted octanol–water partition coefficient (Wildman–Crippen LogP) is 3.10. The summed E-state index contributed by atoms with van der Waals surface area (Å²) < 4.78 is 0. The molecule has 2 heterocycles. The fourth-order valence-electron chi connectivity index (χ4n) is 3.39. The van der Waals surface area contributed by atoms with Gasteiger partial charge in [0.25, 0.3) is 0 Å². The highest BCUT2D eigenvalue weighted by Crippen LogP contribution is 2.36. The summed E-state index contributed by atoms with van der Waals surface area (Å²) in [6, 6.07) is 7.93. The second kappa shape index (κ2) is 5.41. The van der Waals surface area contributed by atoms with Gasteiger partial charge >= 0.3 is 0 Å². The van der Waals surface area contributed by atoms with Crippen LogP contribution in [0.25, 0.3) is 0 Å². The summed E-state index contributed by atoms with van der Waals surface area (Å²) in [6.07, 6.45) is 5.77. The first-order chi connectivity index (χ1) is 9.72. The van der Waals surface area contributed by atoms with Crippen LogP contribution in [-0.4, -0.2) is 35.9 Å². The number of carbonyl (C=O) groups is 1.